The van der Waals surface area contributed by atoms with Gasteiger partial charge in [0.05, 0.1) is 9.82 Å². The minimum absolute atomic E-state index is 0.000246. The predicted octanol–water partition coefficient (Wildman–Crippen LogP) is 1.97. The van der Waals surface area contributed by atoms with E-state index in [4.69, 9.17) is 4.74 Å². The Balaban J connectivity index is 1.66. The zero-order valence-corrected chi connectivity index (χ0v) is 14.7. The molecule has 1 amide bonds. The summed E-state index contributed by atoms with van der Waals surface area (Å²) in [6.07, 6.45) is 1.66. The first-order chi connectivity index (χ1) is 12.3. The number of hydrogen-bond acceptors (Lipinski definition) is 6. The maximum Gasteiger partial charge on any atom is 0.269 e. The second-order valence-electron chi connectivity index (χ2n) is 5.90. The molecule has 0 radical (unpaired) electrons. The molecule has 0 saturated heterocycles. The second kappa shape index (κ2) is 6.75. The van der Waals surface area contributed by atoms with Gasteiger partial charge in [0.25, 0.3) is 11.6 Å². The fourth-order valence-electron chi connectivity index (χ4n) is 2.77. The smallest absolute Gasteiger partial charge is 0.269 e. The summed E-state index contributed by atoms with van der Waals surface area (Å²) in [5.74, 6) is 0.110. The fourth-order valence-corrected chi connectivity index (χ4v) is 3.40. The number of carbonyl (C=O) groups excluding carboxylic acids is 1. The fraction of sp³-hybridized carbons (Fsp3) is 0.235. The van der Waals surface area contributed by atoms with Crippen molar-refractivity contribution < 1.29 is 22.9 Å². The monoisotopic (exact) mass is 376 g/mol. The highest BCUT2D eigenvalue weighted by molar-refractivity contribution is 7.90. The molecule has 0 fully saturated rings. The summed E-state index contributed by atoms with van der Waals surface area (Å²) in [5.41, 5.74) is 1.40. The van der Waals surface area contributed by atoms with Crippen LogP contribution in [-0.2, 0) is 21.1 Å². The Labute approximate surface area is 150 Å². The van der Waals surface area contributed by atoms with Crippen LogP contribution >= 0.6 is 0 Å². The molecule has 0 saturated carbocycles. The van der Waals surface area contributed by atoms with Crippen LogP contribution in [0.5, 0.6) is 5.75 Å². The zero-order chi connectivity index (χ0) is 18.9. The van der Waals surface area contributed by atoms with Gasteiger partial charge < -0.3 is 9.64 Å². The molecule has 1 heterocycles. The molecular formula is C17H16N2O6S. The van der Waals surface area contributed by atoms with E-state index in [1.54, 1.807) is 6.07 Å². The Morgan fingerprint density at radius 2 is 1.92 bits per heavy atom. The number of ether oxygens (including phenoxy) is 1. The third kappa shape index (κ3) is 3.67. The van der Waals surface area contributed by atoms with Crippen molar-refractivity contribution in [3.63, 3.8) is 0 Å². The Morgan fingerprint density at radius 1 is 1.23 bits per heavy atom. The van der Waals surface area contributed by atoms with E-state index in [0.29, 0.717) is 24.4 Å². The molecule has 1 aliphatic rings. The summed E-state index contributed by atoms with van der Waals surface area (Å²) in [7, 11) is -3.29. The van der Waals surface area contributed by atoms with Gasteiger partial charge in [-0.25, -0.2) is 8.42 Å². The van der Waals surface area contributed by atoms with Crippen LogP contribution in [0.15, 0.2) is 47.4 Å². The van der Waals surface area contributed by atoms with Crippen LogP contribution in [0.2, 0.25) is 0 Å². The summed E-state index contributed by atoms with van der Waals surface area (Å²) in [4.78, 5) is 24.5. The van der Waals surface area contributed by atoms with Crippen LogP contribution in [0.1, 0.15) is 5.56 Å². The maximum absolute atomic E-state index is 12.4. The number of nitrogens with zero attached hydrogens (tertiary/aromatic N) is 2. The predicted molar refractivity (Wildman–Crippen MR) is 94.2 cm³/mol. The number of nitro benzene ring substituents is 1. The van der Waals surface area contributed by atoms with Gasteiger partial charge in [0.2, 0.25) is 0 Å². The van der Waals surface area contributed by atoms with Gasteiger partial charge in [-0.2, -0.15) is 0 Å². The van der Waals surface area contributed by atoms with E-state index in [1.165, 1.54) is 41.3 Å². The molecule has 26 heavy (non-hydrogen) atoms. The SMILES string of the molecule is CS(=O)(=O)c1ccc(OCC(=O)N2CCc3cc([N+](=O)[O-])ccc32)cc1. The molecule has 0 bridgehead atoms. The van der Waals surface area contributed by atoms with Gasteiger partial charge in [0.1, 0.15) is 5.75 Å². The number of amides is 1. The molecule has 2 aromatic rings. The molecule has 1 aliphatic heterocycles. The number of fused-ring (bicyclic) bond motifs is 1. The molecular weight excluding hydrogens is 360 g/mol. The third-order valence-corrected chi connectivity index (χ3v) is 5.21. The van der Waals surface area contributed by atoms with Crippen molar-refractivity contribution in [2.45, 2.75) is 11.3 Å². The van der Waals surface area contributed by atoms with Crippen molar-refractivity contribution in [1.82, 2.24) is 0 Å². The highest BCUT2D eigenvalue weighted by Crippen LogP contribution is 2.31. The van der Waals surface area contributed by atoms with E-state index in [9.17, 15) is 23.3 Å². The number of carbonyl (C=O) groups is 1. The van der Waals surface area contributed by atoms with Crippen LogP contribution < -0.4 is 9.64 Å². The standard InChI is InChI=1S/C17H16N2O6S/c1-26(23,24)15-5-3-14(4-6-15)25-11-17(20)18-9-8-12-10-13(19(21)22)2-7-16(12)18/h2-7,10H,8-9,11H2,1H3. The Bertz CT molecular complexity index is 969. The van der Waals surface area contributed by atoms with E-state index in [1.807, 2.05) is 0 Å². The summed E-state index contributed by atoms with van der Waals surface area (Å²) < 4.78 is 28.3. The van der Waals surface area contributed by atoms with Crippen LogP contribution in [-0.4, -0.2) is 38.7 Å². The van der Waals surface area contributed by atoms with E-state index < -0.39 is 14.8 Å². The molecule has 9 heteroatoms. The van der Waals surface area contributed by atoms with E-state index in [-0.39, 0.29) is 23.1 Å². The van der Waals surface area contributed by atoms with Gasteiger partial charge in [-0.05, 0) is 42.3 Å². The number of hydrogen-bond donors (Lipinski definition) is 0. The number of nitro groups is 1. The third-order valence-electron chi connectivity index (χ3n) is 4.08. The molecule has 8 nitrogen and oxygen atoms in total. The van der Waals surface area contributed by atoms with Crippen molar-refractivity contribution in [2.24, 2.45) is 0 Å². The van der Waals surface area contributed by atoms with Crippen LogP contribution in [0.25, 0.3) is 0 Å². The average molecular weight is 376 g/mol. The van der Waals surface area contributed by atoms with E-state index >= 15 is 0 Å². The molecule has 0 unspecified atom stereocenters. The Kier molecular flexibility index (Phi) is 4.64. The van der Waals surface area contributed by atoms with Crippen molar-refractivity contribution in [3.05, 3.63) is 58.1 Å². The number of non-ortho nitro benzene ring substituents is 1. The van der Waals surface area contributed by atoms with Crippen molar-refractivity contribution in [2.75, 3.05) is 24.3 Å². The summed E-state index contributed by atoms with van der Waals surface area (Å²) >= 11 is 0. The summed E-state index contributed by atoms with van der Waals surface area (Å²) in [6.45, 7) is 0.223. The molecule has 3 rings (SSSR count). The van der Waals surface area contributed by atoms with Crippen LogP contribution in [0.3, 0.4) is 0 Å². The highest BCUT2D eigenvalue weighted by atomic mass is 32.2. The number of benzene rings is 2. The zero-order valence-electron chi connectivity index (χ0n) is 13.9. The molecule has 2 aromatic carbocycles. The first kappa shape index (κ1) is 17.9. The lowest BCUT2D eigenvalue weighted by Gasteiger charge is -2.17. The maximum atomic E-state index is 12.4. The van der Waals surface area contributed by atoms with Crippen LogP contribution in [0, 0.1) is 10.1 Å². The lowest BCUT2D eigenvalue weighted by molar-refractivity contribution is -0.384. The minimum atomic E-state index is -3.29. The Morgan fingerprint density at radius 3 is 2.54 bits per heavy atom. The first-order valence-corrected chi connectivity index (χ1v) is 9.65. The van der Waals surface area contributed by atoms with Gasteiger partial charge in [-0.3, -0.25) is 14.9 Å². The molecule has 0 atom stereocenters. The van der Waals surface area contributed by atoms with Gasteiger partial charge in [-0.15, -0.1) is 0 Å². The van der Waals surface area contributed by atoms with Gasteiger partial charge in [0.15, 0.2) is 16.4 Å². The number of sulfone groups is 1. The first-order valence-electron chi connectivity index (χ1n) is 7.76. The topological polar surface area (TPSA) is 107 Å². The second-order valence-corrected chi connectivity index (χ2v) is 7.91. The van der Waals surface area contributed by atoms with Gasteiger partial charge >= 0.3 is 0 Å². The number of anilines is 1. The van der Waals surface area contributed by atoms with E-state index in [0.717, 1.165) is 11.8 Å². The van der Waals surface area contributed by atoms with Crippen LogP contribution in [0.4, 0.5) is 11.4 Å². The summed E-state index contributed by atoms with van der Waals surface area (Å²) in [6, 6.07) is 10.2. The molecule has 0 spiro atoms. The molecule has 0 aliphatic carbocycles. The highest BCUT2D eigenvalue weighted by Gasteiger charge is 2.26. The van der Waals surface area contributed by atoms with Crippen molar-refractivity contribution in [1.29, 1.82) is 0 Å². The van der Waals surface area contributed by atoms with Gasteiger partial charge in [0, 0.05) is 30.6 Å². The minimum Gasteiger partial charge on any atom is -0.484 e. The lowest BCUT2D eigenvalue weighted by atomic mass is 10.1. The molecule has 0 aromatic heterocycles. The largest absolute Gasteiger partial charge is 0.484 e. The lowest BCUT2D eigenvalue weighted by Crippen LogP contribution is -2.33. The quantitative estimate of drug-likeness (QED) is 0.583. The van der Waals surface area contributed by atoms with E-state index in [2.05, 4.69) is 0 Å². The van der Waals surface area contributed by atoms with Crippen molar-refractivity contribution >= 4 is 27.1 Å². The molecule has 0 N–H and O–H groups in total. The van der Waals surface area contributed by atoms with Gasteiger partial charge in [-0.1, -0.05) is 0 Å². The summed E-state index contributed by atoms with van der Waals surface area (Å²) in [5, 5.41) is 10.8. The number of rotatable bonds is 5. The van der Waals surface area contributed by atoms with Crippen molar-refractivity contribution in [3.8, 4) is 5.75 Å². The Hall–Kier alpha value is -2.94. The average Bonchev–Trinajstić information content (AvgIpc) is 3.02. The normalized spacial score (nSPS) is 13.3. The molecule has 136 valence electrons.